The Labute approximate surface area is 162 Å². The molecule has 0 bridgehead atoms. The Morgan fingerprint density at radius 2 is 1.69 bits per heavy atom. The van der Waals surface area contributed by atoms with E-state index in [1.807, 2.05) is 0 Å². The Hall–Kier alpha value is -1.87. The van der Waals surface area contributed by atoms with Gasteiger partial charge in [0, 0.05) is 5.56 Å². The first-order valence-corrected chi connectivity index (χ1v) is 9.73. The maximum Gasteiger partial charge on any atom is 0.315 e. The second-order valence-corrected chi connectivity index (χ2v) is 6.05. The lowest BCUT2D eigenvalue weighted by Gasteiger charge is -2.03. The molecule has 1 aliphatic rings. The van der Waals surface area contributed by atoms with E-state index < -0.39 is 0 Å². The van der Waals surface area contributed by atoms with Crippen molar-refractivity contribution in [2.75, 3.05) is 37.3 Å². The minimum absolute atomic E-state index is 0.0485. The molecule has 0 aliphatic carbocycles. The summed E-state index contributed by atoms with van der Waals surface area (Å²) in [5.41, 5.74) is 0.556. The van der Waals surface area contributed by atoms with Gasteiger partial charge in [0.2, 0.25) is 6.79 Å². The van der Waals surface area contributed by atoms with Gasteiger partial charge in [-0.1, -0.05) is 0 Å². The average molecular weight is 402 g/mol. The van der Waals surface area contributed by atoms with Crippen LogP contribution in [0.5, 0.6) is 11.5 Å². The van der Waals surface area contributed by atoms with Crippen LogP contribution in [0.15, 0.2) is 18.2 Å². The van der Waals surface area contributed by atoms with Crippen molar-refractivity contribution in [2.24, 2.45) is 0 Å². The van der Waals surface area contributed by atoms with Crippen LogP contribution in [0, 0.1) is 0 Å². The van der Waals surface area contributed by atoms with E-state index in [1.54, 1.807) is 32.0 Å². The van der Waals surface area contributed by atoms with Crippen LogP contribution in [0.4, 0.5) is 0 Å². The molecule has 0 spiro atoms. The molecule has 0 amide bonds. The van der Waals surface area contributed by atoms with Crippen LogP contribution in [0.3, 0.4) is 0 Å². The summed E-state index contributed by atoms with van der Waals surface area (Å²) in [6, 6.07) is 5.07. The Morgan fingerprint density at radius 1 is 1.04 bits per heavy atom. The second-order valence-electron chi connectivity index (χ2n) is 4.75. The van der Waals surface area contributed by atoms with Crippen molar-refractivity contribution in [1.29, 1.82) is 0 Å². The van der Waals surface area contributed by atoms with Gasteiger partial charge in [-0.15, -0.1) is 11.8 Å². The third-order valence-electron chi connectivity index (χ3n) is 2.89. The summed E-state index contributed by atoms with van der Waals surface area (Å²) in [7, 11) is 0. The minimum atomic E-state index is -0.300. The maximum absolute atomic E-state index is 11.9. The van der Waals surface area contributed by atoms with Crippen LogP contribution in [0.1, 0.15) is 24.2 Å². The molecular weight excluding hydrogens is 380 g/mol. The molecule has 0 saturated carbocycles. The summed E-state index contributed by atoms with van der Waals surface area (Å²) in [5, 5.41) is 0. The lowest BCUT2D eigenvalue weighted by atomic mass is 10.1. The molecule has 0 N–H and O–H groups in total. The van der Waals surface area contributed by atoms with Gasteiger partial charge in [-0.25, -0.2) is 0 Å². The molecular formula is C17H22O7S2. The first-order chi connectivity index (χ1) is 12.5. The first-order valence-electron chi connectivity index (χ1n) is 7.94. The number of thiol groups is 1. The largest absolute Gasteiger partial charge is 0.465 e. The molecule has 7 nitrogen and oxygen atoms in total. The predicted octanol–water partition coefficient (Wildman–Crippen LogP) is 2.37. The summed E-state index contributed by atoms with van der Waals surface area (Å²) in [4.78, 5) is 33.2. The van der Waals surface area contributed by atoms with Crippen molar-refractivity contribution < 1.29 is 33.3 Å². The standard InChI is InChI=1S/C13H14O5S.C4H8O2S/c1-2-16-13(15)7-19-6-10(14)9-3-4-11-12(5-9)18-8-17-11;1-2-6-4(5)3-7/h3-5H,2,6-8H2,1H3;7H,2-3H2,1H3. The lowest BCUT2D eigenvalue weighted by molar-refractivity contribution is -0.140. The Bertz CT molecular complexity index is 619. The molecule has 1 aliphatic heterocycles. The summed E-state index contributed by atoms with van der Waals surface area (Å²) in [6.07, 6.45) is 0. The fourth-order valence-electron chi connectivity index (χ4n) is 1.79. The predicted molar refractivity (Wildman–Crippen MR) is 101 cm³/mol. The zero-order valence-corrected chi connectivity index (χ0v) is 16.4. The third kappa shape index (κ3) is 8.01. The highest BCUT2D eigenvalue weighted by Crippen LogP contribution is 2.32. The number of hydrogen-bond acceptors (Lipinski definition) is 9. The molecule has 0 unspecified atom stereocenters. The lowest BCUT2D eigenvalue weighted by Crippen LogP contribution is -2.10. The third-order valence-corrected chi connectivity index (χ3v) is 4.05. The SMILES string of the molecule is CCOC(=O)CS.CCOC(=O)CSCC(=O)c1ccc2c(c1)OCO2. The number of carbonyl (C=O) groups excluding carboxylic acids is 3. The smallest absolute Gasteiger partial charge is 0.315 e. The molecule has 9 heteroatoms. The van der Waals surface area contributed by atoms with E-state index in [-0.39, 0.29) is 41.8 Å². The number of Topliss-reactive ketones (excluding diaryl/α,β-unsaturated/α-hetero) is 1. The van der Waals surface area contributed by atoms with Crippen molar-refractivity contribution in [2.45, 2.75) is 13.8 Å². The summed E-state index contributed by atoms with van der Waals surface area (Å²) < 4.78 is 19.6. The van der Waals surface area contributed by atoms with Gasteiger partial charge in [0.25, 0.3) is 0 Å². The number of benzene rings is 1. The molecule has 0 aromatic heterocycles. The molecule has 1 heterocycles. The van der Waals surface area contributed by atoms with Crippen LogP contribution in [-0.4, -0.2) is 55.0 Å². The Morgan fingerprint density at radius 3 is 2.31 bits per heavy atom. The molecule has 144 valence electrons. The van der Waals surface area contributed by atoms with Crippen molar-refractivity contribution in [1.82, 2.24) is 0 Å². The van der Waals surface area contributed by atoms with Crippen LogP contribution < -0.4 is 9.47 Å². The highest BCUT2D eigenvalue weighted by Gasteiger charge is 2.16. The van der Waals surface area contributed by atoms with Crippen LogP contribution in [-0.2, 0) is 19.1 Å². The average Bonchev–Trinajstić information content (AvgIpc) is 3.10. The van der Waals surface area contributed by atoms with E-state index >= 15 is 0 Å². The number of ketones is 1. The van der Waals surface area contributed by atoms with Crippen LogP contribution in [0.2, 0.25) is 0 Å². The van der Waals surface area contributed by atoms with Gasteiger partial charge in [0.1, 0.15) is 0 Å². The van der Waals surface area contributed by atoms with E-state index in [0.29, 0.717) is 30.3 Å². The van der Waals surface area contributed by atoms with Crippen molar-refractivity contribution in [3.05, 3.63) is 23.8 Å². The normalized spacial score (nSPS) is 11.2. The molecule has 0 atom stereocenters. The van der Waals surface area contributed by atoms with E-state index in [1.165, 1.54) is 11.8 Å². The number of carbonyl (C=O) groups is 3. The summed E-state index contributed by atoms with van der Waals surface area (Å²) in [5.74, 6) is 1.22. The van der Waals surface area contributed by atoms with Crippen LogP contribution in [0.25, 0.3) is 0 Å². The van der Waals surface area contributed by atoms with Crippen molar-refractivity contribution in [3.8, 4) is 11.5 Å². The first kappa shape index (κ1) is 22.2. The number of rotatable bonds is 8. The van der Waals surface area contributed by atoms with E-state index in [4.69, 9.17) is 14.2 Å². The molecule has 0 radical (unpaired) electrons. The Kier molecular flexibility index (Phi) is 10.6. The summed E-state index contributed by atoms with van der Waals surface area (Å²) in [6.45, 7) is 4.50. The van der Waals surface area contributed by atoms with Crippen molar-refractivity contribution >= 4 is 42.1 Å². The van der Waals surface area contributed by atoms with E-state index in [2.05, 4.69) is 17.4 Å². The number of esters is 2. The molecule has 0 saturated heterocycles. The van der Waals surface area contributed by atoms with Gasteiger partial charge >= 0.3 is 11.9 Å². The zero-order chi connectivity index (χ0) is 19.4. The molecule has 0 fully saturated rings. The molecule has 2 rings (SSSR count). The number of fused-ring (bicyclic) bond motifs is 1. The van der Waals surface area contributed by atoms with Crippen LogP contribution >= 0.6 is 24.4 Å². The van der Waals surface area contributed by atoms with Gasteiger partial charge in [0.05, 0.1) is 30.5 Å². The highest BCUT2D eigenvalue weighted by atomic mass is 32.2. The van der Waals surface area contributed by atoms with Gasteiger partial charge in [0.15, 0.2) is 17.3 Å². The van der Waals surface area contributed by atoms with E-state index in [9.17, 15) is 14.4 Å². The fourth-order valence-corrected chi connectivity index (χ4v) is 2.59. The molecule has 26 heavy (non-hydrogen) atoms. The van der Waals surface area contributed by atoms with Gasteiger partial charge < -0.3 is 18.9 Å². The fraction of sp³-hybridized carbons (Fsp3) is 0.471. The monoisotopic (exact) mass is 402 g/mol. The Balaban J connectivity index is 0.000000412. The minimum Gasteiger partial charge on any atom is -0.465 e. The van der Waals surface area contributed by atoms with E-state index in [0.717, 1.165) is 0 Å². The second kappa shape index (κ2) is 12.5. The van der Waals surface area contributed by atoms with Gasteiger partial charge in [-0.3, -0.25) is 14.4 Å². The van der Waals surface area contributed by atoms with Gasteiger partial charge in [-0.05, 0) is 32.0 Å². The number of ether oxygens (including phenoxy) is 4. The molecule has 1 aromatic carbocycles. The summed E-state index contributed by atoms with van der Waals surface area (Å²) >= 11 is 4.92. The van der Waals surface area contributed by atoms with Crippen molar-refractivity contribution in [3.63, 3.8) is 0 Å². The van der Waals surface area contributed by atoms with Gasteiger partial charge in [-0.2, -0.15) is 12.6 Å². The molecule has 1 aromatic rings. The number of thioether (sulfide) groups is 1. The zero-order valence-electron chi connectivity index (χ0n) is 14.7. The maximum atomic E-state index is 11.9. The topological polar surface area (TPSA) is 88.1 Å². The quantitative estimate of drug-likeness (QED) is 0.403. The highest BCUT2D eigenvalue weighted by molar-refractivity contribution is 8.00. The number of hydrogen-bond donors (Lipinski definition) is 1.